The van der Waals surface area contributed by atoms with E-state index in [-0.39, 0.29) is 11.4 Å². The molecule has 4 heteroatoms. The molecule has 0 radical (unpaired) electrons. The molecule has 0 fully saturated rings. The van der Waals surface area contributed by atoms with Crippen LogP contribution >= 0.6 is 0 Å². The van der Waals surface area contributed by atoms with Gasteiger partial charge in [-0.2, -0.15) is 0 Å². The molecule has 0 bridgehead atoms. The van der Waals surface area contributed by atoms with Crippen molar-refractivity contribution in [1.29, 1.82) is 0 Å². The van der Waals surface area contributed by atoms with Gasteiger partial charge in [0.05, 0.1) is 13.2 Å². The Bertz CT molecular complexity index is 205. The molecule has 4 nitrogen and oxygen atoms in total. The fourth-order valence-electron chi connectivity index (χ4n) is 1.30. The molecule has 0 atom stereocenters. The van der Waals surface area contributed by atoms with Gasteiger partial charge in [-0.05, 0) is 38.4 Å². The van der Waals surface area contributed by atoms with Gasteiger partial charge in [-0.15, -0.1) is 0 Å². The standard InChI is InChI=1S/C12H26N2O2/c1-5-14(9-11(15)16-6-2)8-7-12(3,4)10-13/h5-10,13H2,1-4H3. The lowest BCUT2D eigenvalue weighted by atomic mass is 9.89. The molecule has 16 heavy (non-hydrogen) atoms. The third-order valence-electron chi connectivity index (χ3n) is 2.76. The number of nitrogens with zero attached hydrogens (tertiary/aromatic N) is 1. The number of carbonyl (C=O) groups excluding carboxylic acids is 1. The van der Waals surface area contributed by atoms with Gasteiger partial charge < -0.3 is 10.5 Å². The van der Waals surface area contributed by atoms with E-state index in [1.165, 1.54) is 0 Å². The molecule has 0 aliphatic rings. The van der Waals surface area contributed by atoms with Crippen LogP contribution in [0, 0.1) is 5.41 Å². The van der Waals surface area contributed by atoms with E-state index in [4.69, 9.17) is 10.5 Å². The lowest BCUT2D eigenvalue weighted by molar-refractivity contribution is -0.144. The first kappa shape index (κ1) is 15.4. The molecule has 0 aliphatic heterocycles. The minimum Gasteiger partial charge on any atom is -0.465 e. The zero-order chi connectivity index (χ0) is 12.6. The van der Waals surface area contributed by atoms with Gasteiger partial charge in [-0.25, -0.2) is 0 Å². The Morgan fingerprint density at radius 1 is 1.38 bits per heavy atom. The predicted molar refractivity (Wildman–Crippen MR) is 66.2 cm³/mol. The quantitative estimate of drug-likeness (QED) is 0.638. The summed E-state index contributed by atoms with van der Waals surface area (Å²) in [6.07, 6.45) is 0.997. The van der Waals surface area contributed by atoms with E-state index in [9.17, 15) is 4.79 Å². The third kappa shape index (κ3) is 6.80. The molecule has 0 spiro atoms. The first-order valence-corrected chi connectivity index (χ1v) is 6.03. The summed E-state index contributed by atoms with van der Waals surface area (Å²) in [4.78, 5) is 13.4. The van der Waals surface area contributed by atoms with Crippen molar-refractivity contribution in [1.82, 2.24) is 4.90 Å². The fraction of sp³-hybridized carbons (Fsp3) is 0.917. The number of likely N-dealkylation sites (N-methyl/N-ethyl adjacent to an activating group) is 1. The maximum atomic E-state index is 11.3. The Labute approximate surface area is 99.1 Å². The molecule has 0 amide bonds. The Kier molecular flexibility index (Phi) is 7.34. The van der Waals surface area contributed by atoms with Crippen molar-refractivity contribution in [3.05, 3.63) is 0 Å². The molecular weight excluding hydrogens is 204 g/mol. The highest BCUT2D eigenvalue weighted by atomic mass is 16.5. The number of hydrogen-bond acceptors (Lipinski definition) is 4. The average Bonchev–Trinajstić information content (AvgIpc) is 2.24. The lowest BCUT2D eigenvalue weighted by Crippen LogP contribution is -2.35. The maximum absolute atomic E-state index is 11.3. The summed E-state index contributed by atoms with van der Waals surface area (Å²) in [5.41, 5.74) is 5.81. The summed E-state index contributed by atoms with van der Waals surface area (Å²) in [7, 11) is 0. The van der Waals surface area contributed by atoms with Gasteiger partial charge in [0.25, 0.3) is 0 Å². The minimum atomic E-state index is -0.144. The van der Waals surface area contributed by atoms with Crippen LogP contribution in [0.25, 0.3) is 0 Å². The van der Waals surface area contributed by atoms with Gasteiger partial charge >= 0.3 is 5.97 Å². The topological polar surface area (TPSA) is 55.6 Å². The van der Waals surface area contributed by atoms with E-state index in [1.807, 2.05) is 6.92 Å². The van der Waals surface area contributed by atoms with Crippen LogP contribution in [0.2, 0.25) is 0 Å². The van der Waals surface area contributed by atoms with Gasteiger partial charge in [0.1, 0.15) is 0 Å². The molecule has 0 saturated heterocycles. The van der Waals surface area contributed by atoms with Crippen molar-refractivity contribution in [2.24, 2.45) is 11.1 Å². The monoisotopic (exact) mass is 230 g/mol. The highest BCUT2D eigenvalue weighted by Crippen LogP contribution is 2.18. The summed E-state index contributed by atoms with van der Waals surface area (Å²) >= 11 is 0. The van der Waals surface area contributed by atoms with Crippen LogP contribution in [0.1, 0.15) is 34.1 Å². The number of nitrogens with two attached hydrogens (primary N) is 1. The van der Waals surface area contributed by atoms with E-state index in [0.717, 1.165) is 19.5 Å². The summed E-state index contributed by atoms with van der Waals surface area (Å²) in [5.74, 6) is -0.144. The van der Waals surface area contributed by atoms with Crippen LogP contribution < -0.4 is 5.73 Å². The Hall–Kier alpha value is -0.610. The summed E-state index contributed by atoms with van der Waals surface area (Å²) < 4.78 is 4.93. The highest BCUT2D eigenvalue weighted by molar-refractivity contribution is 5.71. The molecule has 96 valence electrons. The molecule has 0 heterocycles. The molecule has 0 unspecified atom stereocenters. The van der Waals surface area contributed by atoms with Gasteiger partial charge in [-0.3, -0.25) is 9.69 Å². The van der Waals surface area contributed by atoms with Crippen LogP contribution in [0.5, 0.6) is 0 Å². The van der Waals surface area contributed by atoms with Crippen molar-refractivity contribution in [2.45, 2.75) is 34.1 Å². The van der Waals surface area contributed by atoms with Crippen molar-refractivity contribution in [3.63, 3.8) is 0 Å². The van der Waals surface area contributed by atoms with Crippen molar-refractivity contribution >= 4 is 5.97 Å². The molecule has 2 N–H and O–H groups in total. The van der Waals surface area contributed by atoms with Crippen molar-refractivity contribution < 1.29 is 9.53 Å². The maximum Gasteiger partial charge on any atom is 0.320 e. The predicted octanol–water partition coefficient (Wildman–Crippen LogP) is 1.25. The lowest BCUT2D eigenvalue weighted by Gasteiger charge is -2.27. The molecule has 0 aromatic rings. The second-order valence-corrected chi connectivity index (χ2v) is 4.79. The molecule has 0 saturated carbocycles. The number of esters is 1. The summed E-state index contributed by atoms with van der Waals surface area (Å²) in [6.45, 7) is 11.4. The Morgan fingerprint density at radius 3 is 2.44 bits per heavy atom. The average molecular weight is 230 g/mol. The summed E-state index contributed by atoms with van der Waals surface area (Å²) in [5, 5.41) is 0. The number of ether oxygens (including phenoxy) is 1. The minimum absolute atomic E-state index is 0.141. The van der Waals surface area contributed by atoms with Gasteiger partial charge in [-0.1, -0.05) is 20.8 Å². The van der Waals surface area contributed by atoms with Crippen LogP contribution in [-0.4, -0.2) is 43.7 Å². The first-order chi connectivity index (χ1) is 7.45. The zero-order valence-corrected chi connectivity index (χ0v) is 11.1. The second-order valence-electron chi connectivity index (χ2n) is 4.79. The van der Waals surface area contributed by atoms with Crippen molar-refractivity contribution in [2.75, 3.05) is 32.8 Å². The van der Waals surface area contributed by atoms with Gasteiger partial charge in [0, 0.05) is 0 Å². The fourth-order valence-corrected chi connectivity index (χ4v) is 1.30. The Balaban J connectivity index is 3.96. The molecule has 0 aliphatic carbocycles. The van der Waals surface area contributed by atoms with Crippen LogP contribution in [0.15, 0.2) is 0 Å². The van der Waals surface area contributed by atoms with Crippen LogP contribution in [0.3, 0.4) is 0 Å². The van der Waals surface area contributed by atoms with Crippen molar-refractivity contribution in [3.8, 4) is 0 Å². The van der Waals surface area contributed by atoms with Crippen LogP contribution in [-0.2, 0) is 9.53 Å². The second kappa shape index (κ2) is 7.63. The largest absolute Gasteiger partial charge is 0.465 e. The van der Waals surface area contributed by atoms with E-state index < -0.39 is 0 Å². The normalized spacial score (nSPS) is 11.9. The highest BCUT2D eigenvalue weighted by Gasteiger charge is 2.18. The number of carbonyl (C=O) groups is 1. The molecular formula is C12H26N2O2. The summed E-state index contributed by atoms with van der Waals surface area (Å²) in [6, 6.07) is 0. The Morgan fingerprint density at radius 2 is 2.00 bits per heavy atom. The third-order valence-corrected chi connectivity index (χ3v) is 2.76. The zero-order valence-electron chi connectivity index (χ0n) is 11.1. The van der Waals surface area contributed by atoms with Crippen LogP contribution in [0.4, 0.5) is 0 Å². The van der Waals surface area contributed by atoms with E-state index >= 15 is 0 Å². The van der Waals surface area contributed by atoms with E-state index in [2.05, 4.69) is 25.7 Å². The molecule has 0 rings (SSSR count). The smallest absolute Gasteiger partial charge is 0.320 e. The molecule has 0 aromatic heterocycles. The molecule has 0 aromatic carbocycles. The van der Waals surface area contributed by atoms with E-state index in [1.54, 1.807) is 0 Å². The van der Waals surface area contributed by atoms with Gasteiger partial charge in [0.15, 0.2) is 0 Å². The van der Waals surface area contributed by atoms with Gasteiger partial charge in [0.2, 0.25) is 0 Å². The SMILES string of the molecule is CCOC(=O)CN(CC)CCC(C)(C)CN. The number of hydrogen-bond donors (Lipinski definition) is 1. The number of rotatable bonds is 8. The first-order valence-electron chi connectivity index (χ1n) is 6.03. The van der Waals surface area contributed by atoms with E-state index in [0.29, 0.717) is 19.7 Å².